The molecule has 0 aliphatic heterocycles. The molecule has 3 atom stereocenters. The van der Waals surface area contributed by atoms with Crippen molar-refractivity contribution in [2.45, 2.75) is 25.8 Å². The minimum absolute atomic E-state index is 0.0115. The lowest BCUT2D eigenvalue weighted by Crippen LogP contribution is -2.34. The topological polar surface area (TPSA) is 52.3 Å². The molecule has 1 fully saturated rings. The van der Waals surface area contributed by atoms with Crippen LogP contribution in [0.15, 0.2) is 0 Å². The van der Waals surface area contributed by atoms with Gasteiger partial charge in [0.25, 0.3) is 0 Å². The van der Waals surface area contributed by atoms with Crippen molar-refractivity contribution in [1.29, 1.82) is 0 Å². The van der Waals surface area contributed by atoms with Crippen molar-refractivity contribution >= 4 is 5.97 Å². The molecule has 0 aromatic carbocycles. The van der Waals surface area contributed by atoms with Crippen molar-refractivity contribution in [3.63, 3.8) is 0 Å². The fourth-order valence-corrected chi connectivity index (χ4v) is 1.78. The Bertz CT molecular complexity index is 148. The maximum absolute atomic E-state index is 11.1. The second kappa shape index (κ2) is 3.22. The predicted octanol–water partition coefficient (Wildman–Crippen LogP) is 0.533. The molecule has 1 rings (SSSR count). The van der Waals surface area contributed by atoms with E-state index < -0.39 is 0 Å². The lowest BCUT2D eigenvalue weighted by Gasteiger charge is -2.16. The summed E-state index contributed by atoms with van der Waals surface area (Å²) in [6.07, 6.45) is 1.99. The van der Waals surface area contributed by atoms with Gasteiger partial charge < -0.3 is 10.5 Å². The van der Waals surface area contributed by atoms with Gasteiger partial charge in [0, 0.05) is 6.04 Å². The van der Waals surface area contributed by atoms with Crippen LogP contribution in [0.4, 0.5) is 0 Å². The first-order valence-electron chi connectivity index (χ1n) is 4.00. The van der Waals surface area contributed by atoms with Gasteiger partial charge in [-0.15, -0.1) is 0 Å². The highest BCUT2D eigenvalue weighted by atomic mass is 16.5. The highest BCUT2D eigenvalue weighted by Gasteiger charge is 2.36. The number of carbonyl (C=O) groups is 1. The molecule has 3 nitrogen and oxygen atoms in total. The average molecular weight is 157 g/mol. The normalized spacial score (nSPS) is 37.2. The SMILES string of the molecule is COC(=O)[C@@H]1[C@H](N)CC[C@@H]1C. The van der Waals surface area contributed by atoms with Gasteiger partial charge in [-0.25, -0.2) is 0 Å². The van der Waals surface area contributed by atoms with E-state index in [0.717, 1.165) is 12.8 Å². The largest absolute Gasteiger partial charge is 0.469 e. The molecule has 11 heavy (non-hydrogen) atoms. The zero-order valence-corrected chi connectivity index (χ0v) is 7.04. The van der Waals surface area contributed by atoms with Crippen LogP contribution in [0.5, 0.6) is 0 Å². The summed E-state index contributed by atoms with van der Waals surface area (Å²) < 4.78 is 4.66. The summed E-state index contributed by atoms with van der Waals surface area (Å²) in [5, 5.41) is 0. The maximum atomic E-state index is 11.1. The summed E-state index contributed by atoms with van der Waals surface area (Å²) in [7, 11) is 1.42. The number of methoxy groups -OCH3 is 1. The summed E-state index contributed by atoms with van der Waals surface area (Å²) in [4.78, 5) is 11.1. The van der Waals surface area contributed by atoms with E-state index in [1.807, 2.05) is 0 Å². The van der Waals surface area contributed by atoms with Crippen LogP contribution in [0.25, 0.3) is 0 Å². The molecule has 0 spiro atoms. The van der Waals surface area contributed by atoms with E-state index in [1.165, 1.54) is 7.11 Å². The second-order valence-electron chi connectivity index (χ2n) is 3.27. The molecule has 64 valence electrons. The minimum Gasteiger partial charge on any atom is -0.469 e. The van der Waals surface area contributed by atoms with Crippen LogP contribution in [-0.4, -0.2) is 19.1 Å². The Kier molecular flexibility index (Phi) is 2.49. The third-order valence-electron chi connectivity index (χ3n) is 2.50. The first-order valence-corrected chi connectivity index (χ1v) is 4.00. The van der Waals surface area contributed by atoms with E-state index in [2.05, 4.69) is 11.7 Å². The number of esters is 1. The van der Waals surface area contributed by atoms with Crippen LogP contribution in [-0.2, 0) is 9.53 Å². The van der Waals surface area contributed by atoms with Crippen molar-refractivity contribution < 1.29 is 9.53 Å². The predicted molar refractivity (Wildman–Crippen MR) is 41.9 cm³/mol. The Morgan fingerprint density at radius 3 is 2.55 bits per heavy atom. The van der Waals surface area contributed by atoms with Crippen molar-refractivity contribution in [2.75, 3.05) is 7.11 Å². The van der Waals surface area contributed by atoms with Crippen LogP contribution in [0, 0.1) is 11.8 Å². The van der Waals surface area contributed by atoms with Gasteiger partial charge in [0.15, 0.2) is 0 Å². The van der Waals surface area contributed by atoms with Crippen LogP contribution < -0.4 is 5.73 Å². The first kappa shape index (κ1) is 8.53. The van der Waals surface area contributed by atoms with Gasteiger partial charge in [0.2, 0.25) is 0 Å². The van der Waals surface area contributed by atoms with Gasteiger partial charge in [0.05, 0.1) is 13.0 Å². The lowest BCUT2D eigenvalue weighted by molar-refractivity contribution is -0.146. The molecule has 3 heteroatoms. The van der Waals surface area contributed by atoms with E-state index >= 15 is 0 Å². The van der Waals surface area contributed by atoms with Crippen molar-refractivity contribution in [3.05, 3.63) is 0 Å². The molecule has 0 aromatic heterocycles. The van der Waals surface area contributed by atoms with Gasteiger partial charge in [0.1, 0.15) is 0 Å². The molecule has 1 aliphatic rings. The molecule has 0 amide bonds. The maximum Gasteiger partial charge on any atom is 0.310 e. The van der Waals surface area contributed by atoms with E-state index in [0.29, 0.717) is 5.92 Å². The van der Waals surface area contributed by atoms with Gasteiger partial charge in [-0.1, -0.05) is 6.92 Å². The zero-order chi connectivity index (χ0) is 8.43. The van der Waals surface area contributed by atoms with Gasteiger partial charge in [-0.3, -0.25) is 4.79 Å². The number of rotatable bonds is 1. The number of carbonyl (C=O) groups excluding carboxylic acids is 1. The van der Waals surface area contributed by atoms with Crippen molar-refractivity contribution in [3.8, 4) is 0 Å². The van der Waals surface area contributed by atoms with E-state index in [-0.39, 0.29) is 17.9 Å². The molecule has 0 radical (unpaired) electrons. The number of nitrogens with two attached hydrogens (primary N) is 1. The lowest BCUT2D eigenvalue weighted by atomic mass is 9.96. The monoisotopic (exact) mass is 157 g/mol. The summed E-state index contributed by atoms with van der Waals surface area (Å²) in [5.74, 6) is 0.167. The standard InChI is InChI=1S/C8H15NO2/c1-5-3-4-6(9)7(5)8(10)11-2/h5-7H,3-4,9H2,1-2H3/t5-,6+,7-/m0/s1. The van der Waals surface area contributed by atoms with E-state index in [4.69, 9.17) is 5.73 Å². The molecule has 2 N–H and O–H groups in total. The second-order valence-corrected chi connectivity index (χ2v) is 3.27. The van der Waals surface area contributed by atoms with Gasteiger partial charge in [-0.05, 0) is 18.8 Å². The first-order chi connectivity index (χ1) is 5.16. The van der Waals surface area contributed by atoms with Crippen molar-refractivity contribution in [2.24, 2.45) is 17.6 Å². The third kappa shape index (κ3) is 1.53. The average Bonchev–Trinajstić information content (AvgIpc) is 2.30. The van der Waals surface area contributed by atoms with E-state index in [1.54, 1.807) is 0 Å². The Hall–Kier alpha value is -0.570. The fraction of sp³-hybridized carbons (Fsp3) is 0.875. The summed E-state index contributed by atoms with van der Waals surface area (Å²) in [5.41, 5.74) is 5.75. The number of hydrogen-bond donors (Lipinski definition) is 1. The summed E-state index contributed by atoms with van der Waals surface area (Å²) in [6, 6.07) is 0.0115. The molecule has 1 aliphatic carbocycles. The smallest absolute Gasteiger partial charge is 0.310 e. The highest BCUT2D eigenvalue weighted by molar-refractivity contribution is 5.73. The quantitative estimate of drug-likeness (QED) is 0.565. The molecule has 0 aromatic rings. The molecular formula is C8H15NO2. The van der Waals surface area contributed by atoms with Crippen LogP contribution in [0.1, 0.15) is 19.8 Å². The molecule has 1 saturated carbocycles. The summed E-state index contributed by atoms with van der Waals surface area (Å²) >= 11 is 0. The zero-order valence-electron chi connectivity index (χ0n) is 7.04. The Morgan fingerprint density at radius 1 is 1.55 bits per heavy atom. The van der Waals surface area contributed by atoms with Crippen molar-refractivity contribution in [1.82, 2.24) is 0 Å². The molecule has 0 bridgehead atoms. The van der Waals surface area contributed by atoms with Gasteiger partial charge in [-0.2, -0.15) is 0 Å². The Morgan fingerprint density at radius 2 is 2.18 bits per heavy atom. The van der Waals surface area contributed by atoms with Crippen LogP contribution in [0.3, 0.4) is 0 Å². The van der Waals surface area contributed by atoms with Gasteiger partial charge >= 0.3 is 5.97 Å². The fourth-order valence-electron chi connectivity index (χ4n) is 1.78. The Balaban J connectivity index is 2.60. The molecule has 0 saturated heterocycles. The molecular weight excluding hydrogens is 142 g/mol. The van der Waals surface area contributed by atoms with Crippen LogP contribution >= 0.6 is 0 Å². The highest BCUT2D eigenvalue weighted by Crippen LogP contribution is 2.30. The third-order valence-corrected chi connectivity index (χ3v) is 2.50. The minimum atomic E-state index is -0.150. The van der Waals surface area contributed by atoms with E-state index in [9.17, 15) is 4.79 Å². The number of hydrogen-bond acceptors (Lipinski definition) is 3. The number of ether oxygens (including phenoxy) is 1. The van der Waals surface area contributed by atoms with Crippen LogP contribution in [0.2, 0.25) is 0 Å². The molecule has 0 heterocycles. The Labute approximate surface area is 66.9 Å². The molecule has 0 unspecified atom stereocenters. The summed E-state index contributed by atoms with van der Waals surface area (Å²) in [6.45, 7) is 2.05.